The number of halogens is 2. The molecule has 0 saturated carbocycles. The van der Waals surface area contributed by atoms with Crippen LogP contribution in [0.25, 0.3) is 0 Å². The number of nitrogens with one attached hydrogen (secondary N) is 2. The first-order valence-corrected chi connectivity index (χ1v) is 8.70. The third-order valence-corrected chi connectivity index (χ3v) is 4.88. The summed E-state index contributed by atoms with van der Waals surface area (Å²) in [5, 5.41) is 6.60. The Labute approximate surface area is 151 Å². The van der Waals surface area contributed by atoms with Crippen LogP contribution in [0.5, 0.6) is 0 Å². The minimum Gasteiger partial charge on any atom is -0.367 e. The van der Waals surface area contributed by atoms with Crippen molar-refractivity contribution in [2.75, 3.05) is 23.3 Å². The van der Waals surface area contributed by atoms with Gasteiger partial charge < -0.3 is 15.5 Å². The first-order chi connectivity index (χ1) is 11.6. The van der Waals surface area contributed by atoms with Gasteiger partial charge in [-0.25, -0.2) is 4.79 Å². The van der Waals surface area contributed by atoms with Crippen LogP contribution in [0.1, 0.15) is 12.8 Å². The highest BCUT2D eigenvalue weighted by molar-refractivity contribution is 6.42. The van der Waals surface area contributed by atoms with E-state index in [1.807, 2.05) is 18.2 Å². The standard InChI is InChI=1S/C18H19Cl2N3O/c19-16-9-8-13(11-17(16)20)22-18(24)21-12-15-7-4-10-23(15)14-5-2-1-3-6-14/h1-3,5-6,8-9,11,15H,4,7,10,12H2,(H2,21,22,24). The molecule has 2 aromatic carbocycles. The number of amides is 2. The fraction of sp³-hybridized carbons (Fsp3) is 0.278. The number of anilines is 2. The number of carbonyl (C=O) groups is 1. The summed E-state index contributed by atoms with van der Waals surface area (Å²) in [5.74, 6) is 0. The Bertz CT molecular complexity index is 709. The van der Waals surface area contributed by atoms with Gasteiger partial charge in [0, 0.05) is 30.5 Å². The molecule has 0 radical (unpaired) electrons. The van der Waals surface area contributed by atoms with Gasteiger partial charge in [0.2, 0.25) is 0 Å². The van der Waals surface area contributed by atoms with Gasteiger partial charge >= 0.3 is 6.03 Å². The molecule has 1 atom stereocenters. The highest BCUT2D eigenvalue weighted by atomic mass is 35.5. The molecule has 126 valence electrons. The van der Waals surface area contributed by atoms with Crippen LogP contribution >= 0.6 is 23.2 Å². The maximum absolute atomic E-state index is 12.1. The largest absolute Gasteiger partial charge is 0.367 e. The lowest BCUT2D eigenvalue weighted by Gasteiger charge is -2.27. The second kappa shape index (κ2) is 7.77. The molecule has 2 amide bonds. The lowest BCUT2D eigenvalue weighted by atomic mass is 10.2. The summed E-state index contributed by atoms with van der Waals surface area (Å²) in [7, 11) is 0. The van der Waals surface area contributed by atoms with Crippen molar-refractivity contribution in [3.8, 4) is 0 Å². The van der Waals surface area contributed by atoms with Crippen LogP contribution in [-0.2, 0) is 0 Å². The molecule has 2 N–H and O–H groups in total. The van der Waals surface area contributed by atoms with Crippen LogP contribution in [0, 0.1) is 0 Å². The molecule has 1 aliphatic heterocycles. The fourth-order valence-corrected chi connectivity index (χ4v) is 3.27. The van der Waals surface area contributed by atoms with Crippen LogP contribution in [0.2, 0.25) is 10.0 Å². The summed E-state index contributed by atoms with van der Waals surface area (Å²) in [6.45, 7) is 1.62. The van der Waals surface area contributed by atoms with E-state index in [1.54, 1.807) is 18.2 Å². The van der Waals surface area contributed by atoms with Gasteiger partial charge in [-0.1, -0.05) is 41.4 Å². The average Bonchev–Trinajstić information content (AvgIpc) is 3.06. The van der Waals surface area contributed by atoms with Gasteiger partial charge in [0.1, 0.15) is 0 Å². The van der Waals surface area contributed by atoms with E-state index in [0.29, 0.717) is 28.3 Å². The summed E-state index contributed by atoms with van der Waals surface area (Å²) < 4.78 is 0. The first kappa shape index (κ1) is 16.9. The quantitative estimate of drug-likeness (QED) is 0.820. The van der Waals surface area contributed by atoms with Crippen molar-refractivity contribution < 1.29 is 4.79 Å². The van der Waals surface area contributed by atoms with Crippen LogP contribution in [0.15, 0.2) is 48.5 Å². The van der Waals surface area contributed by atoms with Gasteiger partial charge in [0.25, 0.3) is 0 Å². The predicted octanol–water partition coefficient (Wildman–Crippen LogP) is 4.78. The molecule has 3 rings (SSSR count). The van der Waals surface area contributed by atoms with E-state index in [-0.39, 0.29) is 6.03 Å². The van der Waals surface area contributed by atoms with Gasteiger partial charge in [-0.15, -0.1) is 0 Å². The predicted molar refractivity (Wildman–Crippen MR) is 100 cm³/mol. The molecule has 0 spiro atoms. The molecule has 0 aliphatic carbocycles. The highest BCUT2D eigenvalue weighted by Gasteiger charge is 2.24. The maximum Gasteiger partial charge on any atom is 0.319 e. The minimum absolute atomic E-state index is 0.242. The Morgan fingerprint density at radius 2 is 1.92 bits per heavy atom. The summed E-state index contributed by atoms with van der Waals surface area (Å²) in [6.07, 6.45) is 2.21. The number of benzene rings is 2. The van der Waals surface area contributed by atoms with E-state index < -0.39 is 0 Å². The number of urea groups is 1. The van der Waals surface area contributed by atoms with Crippen molar-refractivity contribution in [3.05, 3.63) is 58.6 Å². The number of nitrogens with zero attached hydrogens (tertiary/aromatic N) is 1. The summed E-state index contributed by atoms with van der Waals surface area (Å²) >= 11 is 11.8. The molecule has 1 fully saturated rings. The Morgan fingerprint density at radius 3 is 2.67 bits per heavy atom. The van der Waals surface area contributed by atoms with Gasteiger partial charge in [-0.05, 0) is 43.2 Å². The van der Waals surface area contributed by atoms with Crippen LogP contribution < -0.4 is 15.5 Å². The summed E-state index contributed by atoms with van der Waals surface area (Å²) in [4.78, 5) is 14.4. The van der Waals surface area contributed by atoms with Crippen molar-refractivity contribution in [2.45, 2.75) is 18.9 Å². The lowest BCUT2D eigenvalue weighted by Crippen LogP contribution is -2.41. The molecule has 0 bridgehead atoms. The van der Waals surface area contributed by atoms with E-state index in [4.69, 9.17) is 23.2 Å². The van der Waals surface area contributed by atoms with Crippen molar-refractivity contribution in [1.82, 2.24) is 5.32 Å². The zero-order valence-electron chi connectivity index (χ0n) is 13.1. The van der Waals surface area contributed by atoms with Gasteiger partial charge in [-0.3, -0.25) is 0 Å². The third-order valence-electron chi connectivity index (χ3n) is 4.14. The van der Waals surface area contributed by atoms with Crippen LogP contribution in [0.3, 0.4) is 0 Å². The second-order valence-corrected chi connectivity index (χ2v) is 6.60. The van der Waals surface area contributed by atoms with E-state index in [9.17, 15) is 4.79 Å². The van der Waals surface area contributed by atoms with E-state index in [2.05, 4.69) is 27.7 Å². The van der Waals surface area contributed by atoms with Gasteiger partial charge in [0.05, 0.1) is 10.0 Å². The molecule has 1 unspecified atom stereocenters. The monoisotopic (exact) mass is 363 g/mol. The Kier molecular flexibility index (Phi) is 5.48. The number of hydrogen-bond acceptors (Lipinski definition) is 2. The van der Waals surface area contributed by atoms with Crippen molar-refractivity contribution >= 4 is 40.6 Å². The first-order valence-electron chi connectivity index (χ1n) is 7.95. The van der Waals surface area contributed by atoms with Crippen molar-refractivity contribution in [1.29, 1.82) is 0 Å². The SMILES string of the molecule is O=C(NCC1CCCN1c1ccccc1)Nc1ccc(Cl)c(Cl)c1. The molecule has 2 aromatic rings. The molecule has 0 aromatic heterocycles. The Morgan fingerprint density at radius 1 is 1.12 bits per heavy atom. The molecular formula is C18H19Cl2N3O. The lowest BCUT2D eigenvalue weighted by molar-refractivity contribution is 0.251. The highest BCUT2D eigenvalue weighted by Crippen LogP contribution is 2.26. The maximum atomic E-state index is 12.1. The zero-order valence-corrected chi connectivity index (χ0v) is 14.6. The normalized spacial score (nSPS) is 16.9. The summed E-state index contributed by atoms with van der Waals surface area (Å²) in [6, 6.07) is 15.4. The van der Waals surface area contributed by atoms with Crippen LogP contribution in [0.4, 0.5) is 16.2 Å². The zero-order chi connectivity index (χ0) is 16.9. The topological polar surface area (TPSA) is 44.4 Å². The minimum atomic E-state index is -0.242. The van der Waals surface area contributed by atoms with Crippen molar-refractivity contribution in [3.63, 3.8) is 0 Å². The molecule has 4 nitrogen and oxygen atoms in total. The number of carbonyl (C=O) groups excluding carboxylic acids is 1. The average molecular weight is 364 g/mol. The Hall–Kier alpha value is -1.91. The summed E-state index contributed by atoms with van der Waals surface area (Å²) in [5.41, 5.74) is 1.82. The number of para-hydroxylation sites is 1. The number of hydrogen-bond donors (Lipinski definition) is 2. The van der Waals surface area contributed by atoms with Gasteiger partial charge in [-0.2, -0.15) is 0 Å². The van der Waals surface area contributed by atoms with E-state index in [1.165, 1.54) is 5.69 Å². The van der Waals surface area contributed by atoms with E-state index in [0.717, 1.165) is 19.4 Å². The van der Waals surface area contributed by atoms with E-state index >= 15 is 0 Å². The molecule has 24 heavy (non-hydrogen) atoms. The molecular weight excluding hydrogens is 345 g/mol. The Balaban J connectivity index is 1.54. The second-order valence-electron chi connectivity index (χ2n) is 5.79. The smallest absolute Gasteiger partial charge is 0.319 e. The molecule has 1 saturated heterocycles. The van der Waals surface area contributed by atoms with Crippen LogP contribution in [-0.4, -0.2) is 25.2 Å². The van der Waals surface area contributed by atoms with Crippen molar-refractivity contribution in [2.24, 2.45) is 0 Å². The number of rotatable bonds is 4. The molecule has 1 aliphatic rings. The molecule has 6 heteroatoms. The molecule has 1 heterocycles. The third kappa shape index (κ3) is 4.13. The fourth-order valence-electron chi connectivity index (χ4n) is 2.97. The van der Waals surface area contributed by atoms with Gasteiger partial charge in [0.15, 0.2) is 0 Å².